The van der Waals surface area contributed by atoms with Gasteiger partial charge < -0.3 is 24.8 Å². The van der Waals surface area contributed by atoms with Crippen LogP contribution >= 0.6 is 48.2 Å². The number of piperazine rings is 1. The lowest BCUT2D eigenvalue weighted by atomic mass is 10.1. The fraction of sp³-hybridized carbons (Fsp3) is 0.579. The molecule has 1 aromatic carbocycles. The second-order valence-corrected chi connectivity index (χ2v) is 8.80. The highest BCUT2D eigenvalue weighted by Gasteiger charge is 2.25. The molecular formula is C19H28Cl3N5O2S. The third-order valence-electron chi connectivity index (χ3n) is 5.23. The van der Waals surface area contributed by atoms with Crippen LogP contribution in [0.15, 0.2) is 17.3 Å². The Kier molecular flexibility index (Phi) is 9.68. The molecule has 0 atom stereocenters. The SMILES string of the molecule is CCOC(=O)N1CCC(Sc2nc3cc(N4CCNCC4)c(Cl)cc3[nH]2)CC1.Cl.Cl. The van der Waals surface area contributed by atoms with Crippen LogP contribution in [0.3, 0.4) is 0 Å². The number of hydrogen-bond acceptors (Lipinski definition) is 6. The molecule has 11 heteroatoms. The minimum absolute atomic E-state index is 0. The molecule has 0 aliphatic carbocycles. The van der Waals surface area contributed by atoms with Crippen molar-refractivity contribution < 1.29 is 9.53 Å². The molecule has 1 amide bonds. The van der Waals surface area contributed by atoms with Gasteiger partial charge in [0.1, 0.15) is 0 Å². The molecule has 0 saturated carbocycles. The summed E-state index contributed by atoms with van der Waals surface area (Å²) < 4.78 is 5.09. The van der Waals surface area contributed by atoms with E-state index in [4.69, 9.17) is 21.3 Å². The molecule has 4 rings (SSSR count). The van der Waals surface area contributed by atoms with Gasteiger partial charge in [0.05, 0.1) is 28.4 Å². The number of anilines is 1. The third kappa shape index (κ3) is 5.79. The largest absolute Gasteiger partial charge is 0.450 e. The average molecular weight is 497 g/mol. The van der Waals surface area contributed by atoms with Gasteiger partial charge in [-0.05, 0) is 31.9 Å². The van der Waals surface area contributed by atoms with Crippen molar-refractivity contribution in [2.24, 2.45) is 0 Å². The van der Waals surface area contributed by atoms with Gasteiger partial charge in [0.25, 0.3) is 0 Å². The topological polar surface area (TPSA) is 73.5 Å². The van der Waals surface area contributed by atoms with E-state index in [0.29, 0.717) is 11.9 Å². The summed E-state index contributed by atoms with van der Waals surface area (Å²) in [5.74, 6) is 0. The summed E-state index contributed by atoms with van der Waals surface area (Å²) in [6.07, 6.45) is 1.67. The highest BCUT2D eigenvalue weighted by molar-refractivity contribution is 7.99. The number of imidazole rings is 1. The first-order chi connectivity index (χ1) is 13.6. The van der Waals surface area contributed by atoms with Gasteiger partial charge >= 0.3 is 6.09 Å². The zero-order valence-electron chi connectivity index (χ0n) is 16.9. The Morgan fingerprint density at radius 2 is 1.93 bits per heavy atom. The van der Waals surface area contributed by atoms with Gasteiger partial charge in [0.2, 0.25) is 0 Å². The average Bonchev–Trinajstić information content (AvgIpc) is 3.09. The lowest BCUT2D eigenvalue weighted by Gasteiger charge is -2.30. The zero-order chi connectivity index (χ0) is 19.5. The summed E-state index contributed by atoms with van der Waals surface area (Å²) in [7, 11) is 0. The van der Waals surface area contributed by atoms with E-state index in [0.717, 1.165) is 79.0 Å². The Morgan fingerprint density at radius 3 is 2.60 bits per heavy atom. The summed E-state index contributed by atoms with van der Waals surface area (Å²) in [5.41, 5.74) is 2.97. The van der Waals surface area contributed by atoms with Gasteiger partial charge in [-0.1, -0.05) is 23.4 Å². The highest BCUT2D eigenvalue weighted by atomic mass is 35.5. The minimum Gasteiger partial charge on any atom is -0.450 e. The molecule has 2 aliphatic heterocycles. The van der Waals surface area contributed by atoms with Crippen LogP contribution in [0.5, 0.6) is 0 Å². The van der Waals surface area contributed by atoms with Gasteiger partial charge in [-0.25, -0.2) is 9.78 Å². The maximum atomic E-state index is 11.8. The Morgan fingerprint density at radius 1 is 1.23 bits per heavy atom. The van der Waals surface area contributed by atoms with E-state index in [-0.39, 0.29) is 30.9 Å². The summed E-state index contributed by atoms with van der Waals surface area (Å²) in [5, 5.41) is 5.48. The fourth-order valence-corrected chi connectivity index (χ4v) is 5.09. The molecular weight excluding hydrogens is 469 g/mol. The van der Waals surface area contributed by atoms with Crippen molar-refractivity contribution in [3.63, 3.8) is 0 Å². The number of ether oxygens (including phenoxy) is 1. The maximum absolute atomic E-state index is 11.8. The number of thioether (sulfide) groups is 1. The Labute approximate surface area is 198 Å². The summed E-state index contributed by atoms with van der Waals surface area (Å²) >= 11 is 8.30. The number of nitrogens with one attached hydrogen (secondary N) is 2. The van der Waals surface area contributed by atoms with Crippen LogP contribution in [-0.2, 0) is 4.74 Å². The van der Waals surface area contributed by atoms with Crippen molar-refractivity contribution in [3.8, 4) is 0 Å². The van der Waals surface area contributed by atoms with Crippen LogP contribution in [0.1, 0.15) is 19.8 Å². The highest BCUT2D eigenvalue weighted by Crippen LogP contribution is 2.34. The van der Waals surface area contributed by atoms with Gasteiger partial charge in [0.15, 0.2) is 5.16 Å². The first-order valence-corrected chi connectivity index (χ1v) is 11.1. The molecule has 3 heterocycles. The predicted molar refractivity (Wildman–Crippen MR) is 128 cm³/mol. The molecule has 2 saturated heterocycles. The normalized spacial score (nSPS) is 17.4. The van der Waals surface area contributed by atoms with E-state index >= 15 is 0 Å². The molecule has 0 radical (unpaired) electrons. The quantitative estimate of drug-likeness (QED) is 0.661. The van der Waals surface area contributed by atoms with Crippen LogP contribution in [0, 0.1) is 0 Å². The molecule has 30 heavy (non-hydrogen) atoms. The number of carbonyl (C=O) groups excluding carboxylic acids is 1. The Bertz CT molecular complexity index is 839. The third-order valence-corrected chi connectivity index (χ3v) is 6.76. The molecule has 168 valence electrons. The number of amides is 1. The van der Waals surface area contributed by atoms with E-state index < -0.39 is 0 Å². The number of benzene rings is 1. The summed E-state index contributed by atoms with van der Waals surface area (Å²) in [4.78, 5) is 24.1. The second-order valence-electron chi connectivity index (χ2n) is 7.10. The zero-order valence-corrected chi connectivity index (χ0v) is 20.1. The Hall–Kier alpha value is -1.06. The maximum Gasteiger partial charge on any atom is 0.409 e. The van der Waals surface area contributed by atoms with Crippen LogP contribution in [0.25, 0.3) is 11.0 Å². The number of aromatic nitrogens is 2. The number of halogens is 3. The van der Waals surface area contributed by atoms with Gasteiger partial charge in [0, 0.05) is 44.5 Å². The summed E-state index contributed by atoms with van der Waals surface area (Å²) in [6, 6.07) is 4.07. The van der Waals surface area contributed by atoms with Crippen molar-refractivity contribution >= 4 is 71.0 Å². The van der Waals surface area contributed by atoms with Gasteiger partial charge in [-0.3, -0.25) is 0 Å². The number of fused-ring (bicyclic) bond motifs is 1. The number of likely N-dealkylation sites (tertiary alicyclic amines) is 1. The monoisotopic (exact) mass is 495 g/mol. The molecule has 1 aromatic heterocycles. The van der Waals surface area contributed by atoms with Gasteiger partial charge in [-0.15, -0.1) is 24.8 Å². The van der Waals surface area contributed by atoms with Crippen LogP contribution in [-0.4, -0.2) is 72.1 Å². The number of carbonyl (C=O) groups is 1. The van der Waals surface area contributed by atoms with Crippen LogP contribution in [0.4, 0.5) is 10.5 Å². The number of piperidine rings is 1. The molecule has 2 fully saturated rings. The van der Waals surface area contributed by atoms with Gasteiger partial charge in [-0.2, -0.15) is 0 Å². The number of rotatable bonds is 4. The molecule has 0 bridgehead atoms. The molecule has 2 N–H and O–H groups in total. The number of H-pyrrole nitrogens is 1. The Balaban J connectivity index is 0.00000160. The summed E-state index contributed by atoms with van der Waals surface area (Å²) in [6.45, 7) is 7.58. The number of hydrogen-bond donors (Lipinski definition) is 2. The first kappa shape index (κ1) is 25.2. The van der Waals surface area contributed by atoms with Crippen molar-refractivity contribution in [2.45, 2.75) is 30.2 Å². The molecule has 7 nitrogen and oxygen atoms in total. The predicted octanol–water partition coefficient (Wildman–Crippen LogP) is 4.18. The fourth-order valence-electron chi connectivity index (χ4n) is 3.73. The van der Waals surface area contributed by atoms with Crippen LogP contribution in [0.2, 0.25) is 5.02 Å². The minimum atomic E-state index is -0.204. The first-order valence-electron chi connectivity index (χ1n) is 9.87. The second kappa shape index (κ2) is 11.5. The van der Waals surface area contributed by atoms with Crippen molar-refractivity contribution in [2.75, 3.05) is 50.8 Å². The molecule has 0 unspecified atom stereocenters. The van der Waals surface area contributed by atoms with Crippen molar-refractivity contribution in [1.29, 1.82) is 0 Å². The molecule has 2 aromatic rings. The lowest BCUT2D eigenvalue weighted by molar-refractivity contribution is 0.100. The van der Waals surface area contributed by atoms with E-state index in [1.165, 1.54) is 0 Å². The van der Waals surface area contributed by atoms with E-state index in [2.05, 4.69) is 21.3 Å². The van der Waals surface area contributed by atoms with E-state index in [9.17, 15) is 4.79 Å². The van der Waals surface area contributed by atoms with Crippen molar-refractivity contribution in [1.82, 2.24) is 20.2 Å². The standard InChI is InChI=1S/C19H26ClN5O2S.2ClH/c1-2-27-19(26)25-7-3-13(4-8-25)28-18-22-15-11-14(20)17(12-16(15)23-18)24-9-5-21-6-10-24;;/h11-13,21H,2-10H2,1H3,(H,22,23);2*1H. The number of aromatic amines is 1. The lowest BCUT2D eigenvalue weighted by Crippen LogP contribution is -2.43. The smallest absolute Gasteiger partial charge is 0.409 e. The van der Waals surface area contributed by atoms with E-state index in [1.807, 2.05) is 13.0 Å². The molecule has 2 aliphatic rings. The number of nitrogens with zero attached hydrogens (tertiary/aromatic N) is 3. The molecule has 0 spiro atoms. The van der Waals surface area contributed by atoms with E-state index in [1.54, 1.807) is 16.7 Å². The van der Waals surface area contributed by atoms with Crippen molar-refractivity contribution in [3.05, 3.63) is 17.2 Å². The van der Waals surface area contributed by atoms with Crippen LogP contribution < -0.4 is 10.2 Å².